The van der Waals surface area contributed by atoms with Gasteiger partial charge in [0.25, 0.3) is 0 Å². The number of hydrogen-bond donors (Lipinski definition) is 2. The van der Waals surface area contributed by atoms with Crippen molar-refractivity contribution in [2.24, 2.45) is 4.99 Å². The van der Waals surface area contributed by atoms with Crippen molar-refractivity contribution < 1.29 is 8.81 Å². The van der Waals surface area contributed by atoms with Gasteiger partial charge in [0.2, 0.25) is 5.89 Å². The van der Waals surface area contributed by atoms with Crippen molar-refractivity contribution in [2.45, 2.75) is 19.0 Å². The Morgan fingerprint density at radius 1 is 1.27 bits per heavy atom. The highest BCUT2D eigenvalue weighted by molar-refractivity contribution is 14.0. The molecule has 9 heteroatoms. The summed E-state index contributed by atoms with van der Waals surface area (Å²) in [7, 11) is 1.72. The number of rotatable bonds is 5. The van der Waals surface area contributed by atoms with Gasteiger partial charge >= 0.3 is 0 Å². The lowest BCUT2D eigenvalue weighted by molar-refractivity contribution is 0.572. The van der Waals surface area contributed by atoms with Gasteiger partial charge in [-0.25, -0.2) is 14.4 Å². The summed E-state index contributed by atoms with van der Waals surface area (Å²) in [5, 5.41) is 6.63. The highest BCUT2D eigenvalue weighted by Crippen LogP contribution is 2.21. The van der Waals surface area contributed by atoms with Crippen molar-refractivity contribution in [3.8, 4) is 11.5 Å². The van der Waals surface area contributed by atoms with E-state index >= 15 is 0 Å². The number of oxazole rings is 1. The molecular formula is C21H24FIN6O. The predicted molar refractivity (Wildman–Crippen MR) is 126 cm³/mol. The van der Waals surface area contributed by atoms with E-state index in [1.54, 1.807) is 25.6 Å². The number of nitrogens with one attached hydrogen (secondary N) is 2. The summed E-state index contributed by atoms with van der Waals surface area (Å²) < 4.78 is 19.5. The summed E-state index contributed by atoms with van der Waals surface area (Å²) in [5.74, 6) is 1.36. The first kappa shape index (κ1) is 22.0. The van der Waals surface area contributed by atoms with Gasteiger partial charge in [0.1, 0.15) is 6.26 Å². The molecule has 1 fully saturated rings. The highest BCUT2D eigenvalue weighted by Gasteiger charge is 2.26. The van der Waals surface area contributed by atoms with Gasteiger partial charge in [-0.05, 0) is 30.7 Å². The number of hydrogen-bond acceptors (Lipinski definition) is 5. The fourth-order valence-corrected chi connectivity index (χ4v) is 3.34. The van der Waals surface area contributed by atoms with Crippen LogP contribution in [0.3, 0.4) is 0 Å². The molecule has 1 atom stereocenters. The maximum Gasteiger partial charge on any atom is 0.226 e. The summed E-state index contributed by atoms with van der Waals surface area (Å²) in [6.07, 6.45) is 4.13. The molecule has 1 aliphatic heterocycles. The van der Waals surface area contributed by atoms with Crippen LogP contribution >= 0.6 is 24.0 Å². The van der Waals surface area contributed by atoms with Crippen LogP contribution in [-0.2, 0) is 6.54 Å². The summed E-state index contributed by atoms with van der Waals surface area (Å²) >= 11 is 0. The zero-order valence-corrected chi connectivity index (χ0v) is 18.9. The van der Waals surface area contributed by atoms with Crippen LogP contribution in [0.25, 0.3) is 11.5 Å². The minimum Gasteiger partial charge on any atom is -0.444 e. The maximum absolute atomic E-state index is 14.0. The second-order valence-corrected chi connectivity index (χ2v) is 6.82. The summed E-state index contributed by atoms with van der Waals surface area (Å²) in [5.41, 5.74) is 1.73. The van der Waals surface area contributed by atoms with E-state index in [0.717, 1.165) is 24.2 Å². The Kier molecular flexibility index (Phi) is 7.61. The third-order valence-corrected chi connectivity index (χ3v) is 4.80. The van der Waals surface area contributed by atoms with Crippen LogP contribution in [0.4, 0.5) is 10.2 Å². The molecule has 0 spiro atoms. The number of pyridine rings is 1. The standard InChI is InChI=1S/C21H23FN6O.HI/c1-23-21(25-12-17-14-29-20(26-17)15-6-3-2-4-7-15)27-16-9-11-28(13-16)19-18(22)8-5-10-24-19;/h2-8,10,14,16H,9,11-13H2,1H3,(H2,23,25,27);1H. The van der Waals surface area contributed by atoms with E-state index in [2.05, 4.69) is 25.6 Å². The van der Waals surface area contributed by atoms with Gasteiger partial charge in [-0.1, -0.05) is 18.2 Å². The van der Waals surface area contributed by atoms with Crippen LogP contribution < -0.4 is 15.5 Å². The number of anilines is 1. The molecule has 1 aliphatic rings. The Hall–Kier alpha value is -2.69. The molecule has 2 aromatic heterocycles. The van der Waals surface area contributed by atoms with Gasteiger partial charge in [-0.2, -0.15) is 0 Å². The van der Waals surface area contributed by atoms with Crippen molar-refractivity contribution in [1.29, 1.82) is 0 Å². The molecule has 3 heterocycles. The zero-order chi connectivity index (χ0) is 20.1. The molecule has 0 radical (unpaired) electrons. The molecule has 7 nitrogen and oxygen atoms in total. The van der Waals surface area contributed by atoms with E-state index in [4.69, 9.17) is 4.42 Å². The van der Waals surface area contributed by atoms with Gasteiger partial charge in [0, 0.05) is 37.9 Å². The number of nitrogens with zero attached hydrogens (tertiary/aromatic N) is 4. The Balaban J connectivity index is 0.00000256. The number of aromatic nitrogens is 2. The van der Waals surface area contributed by atoms with E-state index in [9.17, 15) is 4.39 Å². The molecule has 158 valence electrons. The minimum atomic E-state index is -0.295. The topological polar surface area (TPSA) is 78.6 Å². The molecule has 0 aliphatic carbocycles. The number of guanidine groups is 1. The molecule has 0 saturated carbocycles. The van der Waals surface area contributed by atoms with E-state index in [0.29, 0.717) is 30.8 Å². The second kappa shape index (κ2) is 10.4. The lowest BCUT2D eigenvalue weighted by Gasteiger charge is -2.19. The van der Waals surface area contributed by atoms with E-state index < -0.39 is 0 Å². The SMILES string of the molecule is CN=C(NCc1coc(-c2ccccc2)n1)NC1CCN(c2ncccc2F)C1.I. The molecule has 0 amide bonds. The molecule has 3 aromatic rings. The van der Waals surface area contributed by atoms with Crippen molar-refractivity contribution in [3.63, 3.8) is 0 Å². The fraction of sp³-hybridized carbons (Fsp3) is 0.286. The molecule has 4 rings (SSSR count). The van der Waals surface area contributed by atoms with E-state index in [1.165, 1.54) is 6.07 Å². The normalized spacial score (nSPS) is 16.3. The molecule has 1 saturated heterocycles. The third kappa shape index (κ3) is 5.26. The fourth-order valence-electron chi connectivity index (χ4n) is 3.34. The molecule has 1 unspecified atom stereocenters. The van der Waals surface area contributed by atoms with Gasteiger partial charge in [-0.3, -0.25) is 4.99 Å². The molecule has 30 heavy (non-hydrogen) atoms. The first-order valence-corrected chi connectivity index (χ1v) is 9.55. The van der Waals surface area contributed by atoms with Gasteiger partial charge in [0.05, 0.1) is 12.2 Å². The Bertz CT molecular complexity index is 980. The monoisotopic (exact) mass is 522 g/mol. The van der Waals surface area contributed by atoms with E-state index in [-0.39, 0.29) is 35.8 Å². The van der Waals surface area contributed by atoms with Gasteiger partial charge in [-0.15, -0.1) is 24.0 Å². The second-order valence-electron chi connectivity index (χ2n) is 6.82. The smallest absolute Gasteiger partial charge is 0.226 e. The number of benzene rings is 1. The lowest BCUT2D eigenvalue weighted by Crippen LogP contribution is -2.44. The zero-order valence-electron chi connectivity index (χ0n) is 16.6. The van der Waals surface area contributed by atoms with Crippen LogP contribution in [0.2, 0.25) is 0 Å². The Morgan fingerprint density at radius 3 is 2.87 bits per heavy atom. The van der Waals surface area contributed by atoms with Crippen LogP contribution in [0, 0.1) is 5.82 Å². The lowest BCUT2D eigenvalue weighted by atomic mass is 10.2. The Morgan fingerprint density at radius 2 is 2.10 bits per heavy atom. The Labute approximate surface area is 191 Å². The predicted octanol–water partition coefficient (Wildman–Crippen LogP) is 3.44. The summed E-state index contributed by atoms with van der Waals surface area (Å²) in [6.45, 7) is 1.89. The molecular weight excluding hydrogens is 498 g/mol. The van der Waals surface area contributed by atoms with Gasteiger partial charge in [0.15, 0.2) is 17.6 Å². The summed E-state index contributed by atoms with van der Waals surface area (Å²) in [4.78, 5) is 14.9. The molecule has 1 aromatic carbocycles. The molecule has 0 bridgehead atoms. The first-order chi connectivity index (χ1) is 14.2. The van der Waals surface area contributed by atoms with E-state index in [1.807, 2.05) is 35.2 Å². The number of halogens is 2. The average molecular weight is 522 g/mol. The van der Waals surface area contributed by atoms with Crippen LogP contribution in [-0.4, -0.2) is 42.1 Å². The maximum atomic E-state index is 14.0. The highest BCUT2D eigenvalue weighted by atomic mass is 127. The van der Waals surface area contributed by atoms with Crippen LogP contribution in [0.5, 0.6) is 0 Å². The summed E-state index contributed by atoms with van der Waals surface area (Å²) in [6, 6.07) is 13.0. The van der Waals surface area contributed by atoms with Crippen molar-refractivity contribution in [3.05, 3.63) is 66.4 Å². The first-order valence-electron chi connectivity index (χ1n) is 9.55. The van der Waals surface area contributed by atoms with Crippen molar-refractivity contribution in [2.75, 3.05) is 25.0 Å². The third-order valence-electron chi connectivity index (χ3n) is 4.80. The van der Waals surface area contributed by atoms with Crippen LogP contribution in [0.15, 0.2) is 64.3 Å². The molecule has 2 N–H and O–H groups in total. The van der Waals surface area contributed by atoms with Gasteiger partial charge < -0.3 is 20.0 Å². The number of aliphatic imine (C=N–C) groups is 1. The average Bonchev–Trinajstić information content (AvgIpc) is 3.42. The van der Waals surface area contributed by atoms with Crippen molar-refractivity contribution in [1.82, 2.24) is 20.6 Å². The largest absolute Gasteiger partial charge is 0.444 e. The minimum absolute atomic E-state index is 0. The van der Waals surface area contributed by atoms with Crippen LogP contribution in [0.1, 0.15) is 12.1 Å². The van der Waals surface area contributed by atoms with Crippen molar-refractivity contribution >= 4 is 35.8 Å². The quantitative estimate of drug-likeness (QED) is 0.304.